The minimum atomic E-state index is 0.551. The van der Waals surface area contributed by atoms with Crippen molar-refractivity contribution in [1.82, 2.24) is 4.90 Å². The van der Waals surface area contributed by atoms with Gasteiger partial charge in [0, 0.05) is 23.3 Å². The molecule has 4 nitrogen and oxygen atoms in total. The molecule has 0 radical (unpaired) electrons. The topological polar surface area (TPSA) is 37.6 Å². The van der Waals surface area contributed by atoms with E-state index in [1.807, 2.05) is 65.6 Å². The molecule has 1 N–H and O–H groups in total. The Balaban J connectivity index is 1.78. The summed E-state index contributed by atoms with van der Waals surface area (Å²) in [5.41, 5.74) is 1.93. The quantitative estimate of drug-likeness (QED) is 0.579. The van der Waals surface area contributed by atoms with Crippen LogP contribution in [0.5, 0.6) is 5.75 Å². The van der Waals surface area contributed by atoms with E-state index in [4.69, 9.17) is 33.0 Å². The first kappa shape index (κ1) is 18.3. The highest BCUT2D eigenvalue weighted by molar-refractivity contribution is 7.80. The lowest BCUT2D eigenvalue weighted by molar-refractivity contribution is 0.360. The lowest BCUT2D eigenvalue weighted by Gasteiger charge is -2.25. The average molecular weight is 387 g/mol. The summed E-state index contributed by atoms with van der Waals surface area (Å²) in [4.78, 5) is 2.03. The largest absolute Gasteiger partial charge is 0.497 e. The predicted octanol–water partition coefficient (Wildman–Crippen LogP) is 5.34. The van der Waals surface area contributed by atoms with Crippen LogP contribution < -0.4 is 10.1 Å². The van der Waals surface area contributed by atoms with Crippen LogP contribution in [-0.2, 0) is 13.1 Å². The Kier molecular flexibility index (Phi) is 6.15. The van der Waals surface area contributed by atoms with Gasteiger partial charge in [-0.3, -0.25) is 0 Å². The Morgan fingerprint density at radius 1 is 1.12 bits per heavy atom. The summed E-state index contributed by atoms with van der Waals surface area (Å²) in [5, 5.41) is 4.56. The van der Waals surface area contributed by atoms with Crippen LogP contribution in [0.2, 0.25) is 5.02 Å². The number of hydrogen-bond acceptors (Lipinski definition) is 3. The fourth-order valence-electron chi connectivity index (χ4n) is 2.55. The third-order valence-corrected chi connectivity index (χ3v) is 4.39. The first-order valence-electron chi connectivity index (χ1n) is 8.11. The predicted molar refractivity (Wildman–Crippen MR) is 109 cm³/mol. The van der Waals surface area contributed by atoms with Crippen LogP contribution in [0.15, 0.2) is 71.3 Å². The Labute approximate surface area is 163 Å². The highest BCUT2D eigenvalue weighted by Gasteiger charge is 2.13. The molecule has 0 saturated heterocycles. The first-order chi connectivity index (χ1) is 12.6. The SMILES string of the molecule is COc1cccc(NC(=S)N(Cc2cccc(Cl)c2)Cc2ccco2)c1. The van der Waals surface area contributed by atoms with Crippen molar-refractivity contribution in [1.29, 1.82) is 0 Å². The van der Waals surface area contributed by atoms with E-state index >= 15 is 0 Å². The van der Waals surface area contributed by atoms with Gasteiger partial charge in [0.1, 0.15) is 11.5 Å². The van der Waals surface area contributed by atoms with Crippen molar-refractivity contribution in [2.24, 2.45) is 0 Å². The van der Waals surface area contributed by atoms with E-state index in [-0.39, 0.29) is 0 Å². The molecule has 1 aromatic heterocycles. The number of halogens is 1. The van der Waals surface area contributed by atoms with Crippen LogP contribution in [0.1, 0.15) is 11.3 Å². The summed E-state index contributed by atoms with van der Waals surface area (Å²) in [5.74, 6) is 1.60. The molecule has 26 heavy (non-hydrogen) atoms. The van der Waals surface area contributed by atoms with Crippen molar-refractivity contribution in [2.75, 3.05) is 12.4 Å². The van der Waals surface area contributed by atoms with E-state index in [0.717, 1.165) is 22.8 Å². The van der Waals surface area contributed by atoms with Crippen LogP contribution in [0, 0.1) is 0 Å². The smallest absolute Gasteiger partial charge is 0.174 e. The van der Waals surface area contributed by atoms with Crippen molar-refractivity contribution in [3.8, 4) is 5.75 Å². The number of anilines is 1. The Hall–Kier alpha value is -2.50. The fraction of sp³-hybridized carbons (Fsp3) is 0.150. The number of rotatable bonds is 6. The number of nitrogens with one attached hydrogen (secondary N) is 1. The molecule has 0 aliphatic heterocycles. The molecular formula is C20H19ClN2O2S. The molecule has 0 atom stereocenters. The zero-order valence-corrected chi connectivity index (χ0v) is 15.9. The molecule has 0 aliphatic carbocycles. The molecule has 3 aromatic rings. The van der Waals surface area contributed by atoms with E-state index < -0.39 is 0 Å². The minimum absolute atomic E-state index is 0.551. The summed E-state index contributed by atoms with van der Waals surface area (Å²) in [6, 6.07) is 19.2. The molecule has 0 saturated carbocycles. The maximum atomic E-state index is 6.11. The van der Waals surface area contributed by atoms with Crippen molar-refractivity contribution in [2.45, 2.75) is 13.1 Å². The fourth-order valence-corrected chi connectivity index (χ4v) is 3.01. The molecule has 0 bridgehead atoms. The van der Waals surface area contributed by atoms with Crippen molar-refractivity contribution < 1.29 is 9.15 Å². The van der Waals surface area contributed by atoms with Gasteiger partial charge >= 0.3 is 0 Å². The number of methoxy groups -OCH3 is 1. The average Bonchev–Trinajstić information content (AvgIpc) is 3.14. The van der Waals surface area contributed by atoms with Gasteiger partial charge in [-0.2, -0.15) is 0 Å². The van der Waals surface area contributed by atoms with E-state index in [1.54, 1.807) is 13.4 Å². The van der Waals surface area contributed by atoms with Gasteiger partial charge < -0.3 is 19.4 Å². The molecule has 0 spiro atoms. The van der Waals surface area contributed by atoms with Crippen molar-refractivity contribution in [3.63, 3.8) is 0 Å². The molecule has 0 amide bonds. The molecular weight excluding hydrogens is 368 g/mol. The van der Waals surface area contributed by atoms with Gasteiger partial charge in [-0.25, -0.2) is 0 Å². The molecule has 3 rings (SSSR count). The zero-order valence-electron chi connectivity index (χ0n) is 14.3. The highest BCUT2D eigenvalue weighted by atomic mass is 35.5. The summed E-state index contributed by atoms with van der Waals surface area (Å²) >= 11 is 11.8. The van der Waals surface area contributed by atoms with Gasteiger partial charge in [-0.15, -0.1) is 0 Å². The Morgan fingerprint density at radius 3 is 2.69 bits per heavy atom. The van der Waals surface area contributed by atoms with Gasteiger partial charge in [0.15, 0.2) is 5.11 Å². The number of thiocarbonyl (C=S) groups is 1. The maximum absolute atomic E-state index is 6.11. The van der Waals surface area contributed by atoms with E-state index in [0.29, 0.717) is 23.2 Å². The van der Waals surface area contributed by atoms with Crippen LogP contribution in [0.4, 0.5) is 5.69 Å². The summed E-state index contributed by atoms with van der Waals surface area (Å²) in [6.45, 7) is 1.16. The molecule has 2 aromatic carbocycles. The number of benzene rings is 2. The second-order valence-electron chi connectivity index (χ2n) is 5.73. The van der Waals surface area contributed by atoms with Gasteiger partial charge in [0.2, 0.25) is 0 Å². The van der Waals surface area contributed by atoms with Crippen LogP contribution in [0.3, 0.4) is 0 Å². The van der Waals surface area contributed by atoms with Gasteiger partial charge in [-0.05, 0) is 54.2 Å². The number of furan rings is 1. The number of ether oxygens (including phenoxy) is 1. The lowest BCUT2D eigenvalue weighted by Crippen LogP contribution is -2.33. The van der Waals surface area contributed by atoms with Gasteiger partial charge in [0.05, 0.1) is 19.9 Å². The second kappa shape index (κ2) is 8.74. The molecule has 0 aliphatic rings. The Morgan fingerprint density at radius 2 is 1.96 bits per heavy atom. The normalized spacial score (nSPS) is 10.4. The zero-order chi connectivity index (χ0) is 18.4. The van der Waals surface area contributed by atoms with Crippen LogP contribution in [-0.4, -0.2) is 17.1 Å². The third-order valence-electron chi connectivity index (χ3n) is 3.80. The minimum Gasteiger partial charge on any atom is -0.497 e. The molecule has 0 unspecified atom stereocenters. The molecule has 0 fully saturated rings. The summed E-state index contributed by atoms with van der Waals surface area (Å²) in [7, 11) is 1.64. The van der Waals surface area contributed by atoms with Gasteiger partial charge in [-0.1, -0.05) is 29.8 Å². The van der Waals surface area contributed by atoms with Crippen LogP contribution >= 0.6 is 23.8 Å². The summed E-state index contributed by atoms with van der Waals surface area (Å²) in [6.07, 6.45) is 1.66. The van der Waals surface area contributed by atoms with Gasteiger partial charge in [0.25, 0.3) is 0 Å². The number of hydrogen-bond donors (Lipinski definition) is 1. The van der Waals surface area contributed by atoms with Crippen LogP contribution in [0.25, 0.3) is 0 Å². The molecule has 134 valence electrons. The monoisotopic (exact) mass is 386 g/mol. The van der Waals surface area contributed by atoms with Crippen molar-refractivity contribution in [3.05, 3.63) is 83.3 Å². The third kappa shape index (κ3) is 5.00. The highest BCUT2D eigenvalue weighted by Crippen LogP contribution is 2.19. The van der Waals surface area contributed by atoms with Crippen molar-refractivity contribution >= 4 is 34.6 Å². The standard InChI is InChI=1S/C20H19ClN2O2S/c1-24-18-8-3-7-17(12-18)22-20(26)23(14-19-9-4-10-25-19)13-15-5-2-6-16(21)11-15/h2-12H,13-14H2,1H3,(H,22,26). The molecule has 1 heterocycles. The maximum Gasteiger partial charge on any atom is 0.174 e. The van der Waals surface area contributed by atoms with E-state index in [2.05, 4.69) is 5.32 Å². The lowest BCUT2D eigenvalue weighted by atomic mass is 10.2. The number of nitrogens with zero attached hydrogens (tertiary/aromatic N) is 1. The Bertz CT molecular complexity index is 868. The molecule has 6 heteroatoms. The first-order valence-corrected chi connectivity index (χ1v) is 8.89. The summed E-state index contributed by atoms with van der Waals surface area (Å²) < 4.78 is 10.8. The van der Waals surface area contributed by atoms with E-state index in [1.165, 1.54) is 0 Å². The second-order valence-corrected chi connectivity index (χ2v) is 6.55. The van der Waals surface area contributed by atoms with E-state index in [9.17, 15) is 0 Å².